The Kier molecular flexibility index (Phi) is 4.53. The third kappa shape index (κ3) is 3.98. The molecule has 0 aliphatic carbocycles. The zero-order chi connectivity index (χ0) is 15.5. The van der Waals surface area contributed by atoms with Gasteiger partial charge in [0.2, 0.25) is 0 Å². The molecule has 2 aromatic rings. The molecule has 2 nitrogen and oxygen atoms in total. The van der Waals surface area contributed by atoms with Gasteiger partial charge in [-0.05, 0) is 36.2 Å². The first-order valence-corrected chi connectivity index (χ1v) is 6.41. The Hall–Kier alpha value is -2.01. The normalized spacial score (nSPS) is 13.0. The summed E-state index contributed by atoms with van der Waals surface area (Å²) in [5, 5.41) is 9.96. The highest BCUT2D eigenvalue weighted by molar-refractivity contribution is 5.32. The number of benzene rings is 2. The van der Waals surface area contributed by atoms with Gasteiger partial charge in [0.25, 0.3) is 0 Å². The van der Waals surface area contributed by atoms with Crippen LogP contribution in [0.2, 0.25) is 0 Å². The first-order valence-electron chi connectivity index (χ1n) is 6.41. The Balaban J connectivity index is 2.01. The predicted octanol–water partition coefficient (Wildman–Crippen LogP) is 4.13. The molecule has 0 aromatic heterocycles. The third-order valence-electron chi connectivity index (χ3n) is 3.11. The highest BCUT2D eigenvalue weighted by Gasteiger charge is 2.30. The van der Waals surface area contributed by atoms with E-state index < -0.39 is 17.8 Å². The van der Waals surface area contributed by atoms with E-state index in [0.29, 0.717) is 11.3 Å². The van der Waals surface area contributed by atoms with Gasteiger partial charge < -0.3 is 9.84 Å². The lowest BCUT2D eigenvalue weighted by Crippen LogP contribution is -2.11. The molecular formula is C16H15F3O2. The van der Waals surface area contributed by atoms with Gasteiger partial charge in [0.15, 0.2) is 0 Å². The van der Waals surface area contributed by atoms with Gasteiger partial charge in [-0.3, -0.25) is 0 Å². The molecule has 1 unspecified atom stereocenters. The number of alkyl halides is 3. The van der Waals surface area contributed by atoms with E-state index in [1.165, 1.54) is 12.1 Å². The zero-order valence-corrected chi connectivity index (χ0v) is 11.4. The standard InChI is InChI=1S/C16H15F3O2/c1-11-4-2-3-5-15(11)21-10-14(20)12-6-8-13(9-7-12)16(17,18)19/h2-9,14,20H,10H2,1H3. The maximum absolute atomic E-state index is 12.4. The summed E-state index contributed by atoms with van der Waals surface area (Å²) < 4.78 is 42.8. The fraction of sp³-hybridized carbons (Fsp3) is 0.250. The molecule has 0 aliphatic heterocycles. The lowest BCUT2D eigenvalue weighted by Gasteiger charge is -2.15. The van der Waals surface area contributed by atoms with Crippen molar-refractivity contribution in [1.29, 1.82) is 0 Å². The molecule has 1 atom stereocenters. The minimum Gasteiger partial charge on any atom is -0.490 e. The fourth-order valence-corrected chi connectivity index (χ4v) is 1.88. The molecule has 0 amide bonds. The van der Waals surface area contributed by atoms with Crippen LogP contribution in [0.25, 0.3) is 0 Å². The number of halogens is 3. The molecule has 21 heavy (non-hydrogen) atoms. The maximum atomic E-state index is 12.4. The van der Waals surface area contributed by atoms with Crippen molar-refractivity contribution in [2.24, 2.45) is 0 Å². The molecule has 0 heterocycles. The van der Waals surface area contributed by atoms with Crippen molar-refractivity contribution < 1.29 is 23.0 Å². The van der Waals surface area contributed by atoms with E-state index in [2.05, 4.69) is 0 Å². The molecule has 0 saturated heterocycles. The number of rotatable bonds is 4. The second kappa shape index (κ2) is 6.18. The van der Waals surface area contributed by atoms with E-state index in [1.54, 1.807) is 6.07 Å². The largest absolute Gasteiger partial charge is 0.490 e. The SMILES string of the molecule is Cc1ccccc1OCC(O)c1ccc(C(F)(F)F)cc1. The Morgan fingerprint density at radius 2 is 1.67 bits per heavy atom. The molecule has 2 aromatic carbocycles. The van der Waals surface area contributed by atoms with Crippen LogP contribution < -0.4 is 4.74 Å². The van der Waals surface area contributed by atoms with Crippen LogP contribution in [0.15, 0.2) is 48.5 Å². The molecule has 0 spiro atoms. The number of hydrogen-bond acceptors (Lipinski definition) is 2. The molecule has 0 fully saturated rings. The van der Waals surface area contributed by atoms with E-state index in [-0.39, 0.29) is 6.61 Å². The maximum Gasteiger partial charge on any atom is 0.416 e. The first kappa shape index (κ1) is 15.4. The summed E-state index contributed by atoms with van der Waals surface area (Å²) in [6.07, 6.45) is -5.35. The van der Waals surface area contributed by atoms with E-state index in [0.717, 1.165) is 17.7 Å². The summed E-state index contributed by atoms with van der Waals surface area (Å²) in [7, 11) is 0. The van der Waals surface area contributed by atoms with Gasteiger partial charge in [-0.15, -0.1) is 0 Å². The molecule has 0 bridgehead atoms. The van der Waals surface area contributed by atoms with Crippen LogP contribution in [0.4, 0.5) is 13.2 Å². The van der Waals surface area contributed by atoms with Crippen molar-refractivity contribution in [3.63, 3.8) is 0 Å². The second-order valence-electron chi connectivity index (χ2n) is 4.71. The van der Waals surface area contributed by atoms with Gasteiger partial charge in [0.1, 0.15) is 18.5 Å². The summed E-state index contributed by atoms with van der Waals surface area (Å²) in [5.41, 5.74) is 0.576. The Morgan fingerprint density at radius 1 is 1.05 bits per heavy atom. The lowest BCUT2D eigenvalue weighted by molar-refractivity contribution is -0.137. The van der Waals surface area contributed by atoms with Crippen LogP contribution in [0.1, 0.15) is 22.8 Å². The Bertz CT molecular complexity index is 591. The van der Waals surface area contributed by atoms with Crippen molar-refractivity contribution >= 4 is 0 Å². The number of aryl methyl sites for hydroxylation is 1. The van der Waals surface area contributed by atoms with Crippen LogP contribution >= 0.6 is 0 Å². The van der Waals surface area contributed by atoms with Crippen LogP contribution in [0, 0.1) is 6.92 Å². The molecule has 2 rings (SSSR count). The Labute approximate surface area is 120 Å². The number of ether oxygens (including phenoxy) is 1. The second-order valence-corrected chi connectivity index (χ2v) is 4.71. The summed E-state index contributed by atoms with van der Waals surface area (Å²) in [5.74, 6) is 0.642. The Morgan fingerprint density at radius 3 is 2.24 bits per heavy atom. The molecule has 0 aliphatic rings. The van der Waals surface area contributed by atoms with Gasteiger partial charge in [-0.1, -0.05) is 30.3 Å². The van der Waals surface area contributed by atoms with Gasteiger partial charge in [-0.2, -0.15) is 13.2 Å². The molecule has 0 saturated carbocycles. The monoisotopic (exact) mass is 296 g/mol. The van der Waals surface area contributed by atoms with Crippen LogP contribution in [-0.4, -0.2) is 11.7 Å². The van der Waals surface area contributed by atoms with Gasteiger partial charge in [0.05, 0.1) is 5.56 Å². The lowest BCUT2D eigenvalue weighted by atomic mass is 10.1. The van der Waals surface area contributed by atoms with E-state index in [9.17, 15) is 18.3 Å². The number of hydrogen-bond donors (Lipinski definition) is 1. The predicted molar refractivity (Wildman–Crippen MR) is 73.1 cm³/mol. The average Bonchev–Trinajstić information content (AvgIpc) is 2.45. The topological polar surface area (TPSA) is 29.5 Å². The average molecular weight is 296 g/mol. The molecule has 5 heteroatoms. The van der Waals surface area contributed by atoms with Crippen molar-refractivity contribution in [3.8, 4) is 5.75 Å². The first-order chi connectivity index (χ1) is 9.88. The minimum atomic E-state index is -4.37. The van der Waals surface area contributed by atoms with E-state index in [1.807, 2.05) is 25.1 Å². The van der Waals surface area contributed by atoms with Crippen LogP contribution in [0.5, 0.6) is 5.75 Å². The molecule has 1 N–H and O–H groups in total. The minimum absolute atomic E-state index is 0.0176. The van der Waals surface area contributed by atoms with Crippen molar-refractivity contribution in [2.75, 3.05) is 6.61 Å². The van der Waals surface area contributed by atoms with E-state index in [4.69, 9.17) is 4.74 Å². The summed E-state index contributed by atoms with van der Waals surface area (Å²) in [6, 6.07) is 11.7. The van der Waals surface area contributed by atoms with Crippen molar-refractivity contribution in [3.05, 3.63) is 65.2 Å². The van der Waals surface area contributed by atoms with Gasteiger partial charge >= 0.3 is 6.18 Å². The van der Waals surface area contributed by atoms with Crippen molar-refractivity contribution in [1.82, 2.24) is 0 Å². The van der Waals surface area contributed by atoms with Gasteiger partial charge in [-0.25, -0.2) is 0 Å². The molecule has 112 valence electrons. The quantitative estimate of drug-likeness (QED) is 0.919. The van der Waals surface area contributed by atoms with Crippen molar-refractivity contribution in [2.45, 2.75) is 19.2 Å². The highest BCUT2D eigenvalue weighted by Crippen LogP contribution is 2.30. The summed E-state index contributed by atoms with van der Waals surface area (Å²) in [4.78, 5) is 0. The zero-order valence-electron chi connectivity index (χ0n) is 11.4. The smallest absolute Gasteiger partial charge is 0.416 e. The van der Waals surface area contributed by atoms with Gasteiger partial charge in [0, 0.05) is 0 Å². The van der Waals surface area contributed by atoms with E-state index >= 15 is 0 Å². The fourth-order valence-electron chi connectivity index (χ4n) is 1.88. The highest BCUT2D eigenvalue weighted by atomic mass is 19.4. The number of aliphatic hydroxyl groups excluding tert-OH is 1. The van der Waals surface area contributed by atoms with Crippen LogP contribution in [0.3, 0.4) is 0 Å². The summed E-state index contributed by atoms with van der Waals surface area (Å²) >= 11 is 0. The van der Waals surface area contributed by atoms with Crippen LogP contribution in [-0.2, 0) is 6.18 Å². The number of aliphatic hydroxyl groups is 1. The third-order valence-corrected chi connectivity index (χ3v) is 3.11. The number of para-hydroxylation sites is 1. The summed E-state index contributed by atoms with van der Waals surface area (Å²) in [6.45, 7) is 1.86. The molecule has 0 radical (unpaired) electrons. The molecular weight excluding hydrogens is 281 g/mol.